The lowest BCUT2D eigenvalue weighted by Crippen LogP contribution is -2.54. The third-order valence-corrected chi connectivity index (χ3v) is 7.15. The van der Waals surface area contributed by atoms with Crippen molar-refractivity contribution in [3.05, 3.63) is 71.5 Å². The molecule has 3 nitrogen and oxygen atoms in total. The maximum Gasteiger partial charge on any atom is 0.0427 e. The SMILES string of the molecule is C/C=C(\CC)N(Cc1ccccc1)CC1(N2CCN(CC3=CCCC=C3)CC2)CC1. The summed E-state index contributed by atoms with van der Waals surface area (Å²) in [5.74, 6) is 0. The molecule has 1 saturated heterocycles. The van der Waals surface area contributed by atoms with Gasteiger partial charge in [0.1, 0.15) is 0 Å². The van der Waals surface area contributed by atoms with Crippen LogP contribution in [-0.4, -0.2) is 59.5 Å². The molecule has 3 aliphatic rings. The Bertz CT molecular complexity index is 765. The van der Waals surface area contributed by atoms with Gasteiger partial charge < -0.3 is 4.90 Å². The first-order chi connectivity index (χ1) is 14.7. The molecule has 30 heavy (non-hydrogen) atoms. The normalized spacial score (nSPS) is 22.1. The summed E-state index contributed by atoms with van der Waals surface area (Å²) in [4.78, 5) is 8.13. The van der Waals surface area contributed by atoms with Crippen molar-refractivity contribution in [2.45, 2.75) is 58.0 Å². The van der Waals surface area contributed by atoms with Crippen LogP contribution in [0.5, 0.6) is 0 Å². The topological polar surface area (TPSA) is 9.72 Å². The van der Waals surface area contributed by atoms with Crippen molar-refractivity contribution in [1.29, 1.82) is 0 Å². The summed E-state index contributed by atoms with van der Waals surface area (Å²) in [6.07, 6.45) is 15.7. The second-order valence-corrected chi connectivity index (χ2v) is 9.22. The summed E-state index contributed by atoms with van der Waals surface area (Å²) < 4.78 is 0. The lowest BCUT2D eigenvalue weighted by molar-refractivity contribution is 0.0708. The molecular formula is C27H39N3. The van der Waals surface area contributed by atoms with E-state index in [1.807, 2.05) is 0 Å². The molecule has 1 aromatic rings. The van der Waals surface area contributed by atoms with E-state index in [1.54, 1.807) is 0 Å². The second kappa shape index (κ2) is 9.98. The molecule has 0 bridgehead atoms. The number of benzene rings is 1. The van der Waals surface area contributed by atoms with E-state index >= 15 is 0 Å². The van der Waals surface area contributed by atoms with Crippen LogP contribution in [0, 0.1) is 0 Å². The van der Waals surface area contributed by atoms with Gasteiger partial charge in [-0.15, -0.1) is 0 Å². The van der Waals surface area contributed by atoms with Crippen LogP contribution in [0.15, 0.2) is 65.9 Å². The average molecular weight is 406 g/mol. The maximum atomic E-state index is 2.82. The van der Waals surface area contributed by atoms with Gasteiger partial charge in [0.25, 0.3) is 0 Å². The van der Waals surface area contributed by atoms with Crippen molar-refractivity contribution in [2.24, 2.45) is 0 Å². The minimum absolute atomic E-state index is 0.397. The highest BCUT2D eigenvalue weighted by atomic mass is 15.3. The van der Waals surface area contributed by atoms with E-state index < -0.39 is 0 Å². The van der Waals surface area contributed by atoms with Crippen molar-refractivity contribution < 1.29 is 0 Å². The molecular weight excluding hydrogens is 366 g/mol. The van der Waals surface area contributed by atoms with Crippen molar-refractivity contribution in [1.82, 2.24) is 14.7 Å². The Morgan fingerprint density at radius 1 is 1.07 bits per heavy atom. The van der Waals surface area contributed by atoms with E-state index in [0.717, 1.165) is 19.5 Å². The molecule has 2 fully saturated rings. The Kier molecular flexibility index (Phi) is 7.12. The van der Waals surface area contributed by atoms with Crippen molar-refractivity contribution in [3.8, 4) is 0 Å². The molecule has 0 aromatic heterocycles. The van der Waals surface area contributed by atoms with Crippen LogP contribution in [0.2, 0.25) is 0 Å². The van der Waals surface area contributed by atoms with Crippen LogP contribution in [-0.2, 0) is 6.54 Å². The fraction of sp³-hybridized carbons (Fsp3) is 0.556. The quantitative estimate of drug-likeness (QED) is 0.557. The van der Waals surface area contributed by atoms with E-state index in [1.165, 1.54) is 75.2 Å². The molecule has 2 aliphatic carbocycles. The molecule has 1 aliphatic heterocycles. The van der Waals surface area contributed by atoms with Crippen molar-refractivity contribution in [2.75, 3.05) is 39.3 Å². The molecule has 0 N–H and O–H groups in total. The largest absolute Gasteiger partial charge is 0.369 e. The van der Waals surface area contributed by atoms with Gasteiger partial charge in [-0.05, 0) is 50.2 Å². The standard InChI is InChI=1S/C27H39N3/c1-3-26(4-2)29(22-25-13-9-6-10-14-25)23-27(15-16-27)30-19-17-28(18-20-30)21-24-11-7-5-8-12-24/h3,6-7,9-14H,4-5,8,15-23H2,1-2H3/b26-3+. The van der Waals surface area contributed by atoms with E-state index in [4.69, 9.17) is 0 Å². The molecule has 3 heteroatoms. The first-order valence-corrected chi connectivity index (χ1v) is 12.0. The first kappa shape index (κ1) is 21.4. The van der Waals surface area contributed by atoms with E-state index in [2.05, 4.69) is 83.2 Å². The van der Waals surface area contributed by atoms with Gasteiger partial charge in [0, 0.05) is 57.0 Å². The van der Waals surface area contributed by atoms with E-state index in [9.17, 15) is 0 Å². The average Bonchev–Trinajstić information content (AvgIpc) is 3.57. The van der Waals surface area contributed by atoms with Gasteiger partial charge in [0.05, 0.1) is 0 Å². The molecule has 1 saturated carbocycles. The number of rotatable bonds is 9. The van der Waals surface area contributed by atoms with Gasteiger partial charge in [-0.3, -0.25) is 9.80 Å². The first-order valence-electron chi connectivity index (χ1n) is 12.0. The Balaban J connectivity index is 1.36. The summed E-state index contributed by atoms with van der Waals surface area (Å²) in [5.41, 5.74) is 4.82. The zero-order chi connectivity index (χ0) is 20.8. The van der Waals surface area contributed by atoms with Gasteiger partial charge in [-0.25, -0.2) is 0 Å². The number of hydrogen-bond acceptors (Lipinski definition) is 3. The predicted octanol–water partition coefficient (Wildman–Crippen LogP) is 5.23. The molecule has 1 aromatic carbocycles. The summed E-state index contributed by atoms with van der Waals surface area (Å²) in [5, 5.41) is 0. The van der Waals surface area contributed by atoms with Crippen LogP contribution in [0.1, 0.15) is 51.5 Å². The summed E-state index contributed by atoms with van der Waals surface area (Å²) in [6, 6.07) is 11.0. The minimum Gasteiger partial charge on any atom is -0.369 e. The molecule has 1 heterocycles. The van der Waals surface area contributed by atoms with Crippen molar-refractivity contribution in [3.63, 3.8) is 0 Å². The van der Waals surface area contributed by atoms with Crippen molar-refractivity contribution >= 4 is 0 Å². The van der Waals surface area contributed by atoms with E-state index in [0.29, 0.717) is 5.54 Å². The molecule has 0 amide bonds. The number of nitrogens with zero attached hydrogens (tertiary/aromatic N) is 3. The lowest BCUT2D eigenvalue weighted by atomic mass is 10.1. The third kappa shape index (κ3) is 5.25. The highest BCUT2D eigenvalue weighted by Gasteiger charge is 2.49. The second-order valence-electron chi connectivity index (χ2n) is 9.22. The fourth-order valence-corrected chi connectivity index (χ4v) is 5.17. The minimum atomic E-state index is 0.397. The molecule has 0 unspecified atom stereocenters. The van der Waals surface area contributed by atoms with Gasteiger partial charge in [0.15, 0.2) is 0 Å². The third-order valence-electron chi connectivity index (χ3n) is 7.15. The van der Waals surface area contributed by atoms with Crippen LogP contribution in [0.4, 0.5) is 0 Å². The maximum absolute atomic E-state index is 2.82. The van der Waals surface area contributed by atoms with Crippen LogP contribution in [0.3, 0.4) is 0 Å². The highest BCUT2D eigenvalue weighted by molar-refractivity contribution is 5.24. The van der Waals surface area contributed by atoms with E-state index in [-0.39, 0.29) is 0 Å². The van der Waals surface area contributed by atoms with Gasteiger partial charge in [-0.1, -0.05) is 61.6 Å². The fourth-order valence-electron chi connectivity index (χ4n) is 5.17. The zero-order valence-electron chi connectivity index (χ0n) is 19.0. The predicted molar refractivity (Wildman–Crippen MR) is 127 cm³/mol. The molecule has 4 rings (SSSR count). The Labute approximate surface area is 183 Å². The van der Waals surface area contributed by atoms with Gasteiger partial charge in [-0.2, -0.15) is 0 Å². The highest BCUT2D eigenvalue weighted by Crippen LogP contribution is 2.44. The van der Waals surface area contributed by atoms with Crippen LogP contribution in [0.25, 0.3) is 0 Å². The molecule has 162 valence electrons. The van der Waals surface area contributed by atoms with Gasteiger partial charge in [0.2, 0.25) is 0 Å². The Morgan fingerprint density at radius 3 is 2.43 bits per heavy atom. The number of piperazine rings is 1. The number of allylic oxidation sites excluding steroid dienone is 4. The number of hydrogen-bond donors (Lipinski definition) is 0. The molecule has 0 atom stereocenters. The molecule has 0 radical (unpaired) electrons. The van der Waals surface area contributed by atoms with Crippen LogP contribution < -0.4 is 0 Å². The van der Waals surface area contributed by atoms with Crippen LogP contribution >= 0.6 is 0 Å². The summed E-state index contributed by atoms with van der Waals surface area (Å²) in [7, 11) is 0. The smallest absolute Gasteiger partial charge is 0.0427 e. The Morgan fingerprint density at radius 2 is 1.83 bits per heavy atom. The monoisotopic (exact) mass is 405 g/mol. The van der Waals surface area contributed by atoms with Gasteiger partial charge >= 0.3 is 0 Å². The Hall–Kier alpha value is -1.84. The zero-order valence-corrected chi connectivity index (χ0v) is 19.0. The lowest BCUT2D eigenvalue weighted by Gasteiger charge is -2.42. The summed E-state index contributed by atoms with van der Waals surface area (Å²) in [6.45, 7) is 12.7. The molecule has 0 spiro atoms. The summed E-state index contributed by atoms with van der Waals surface area (Å²) >= 11 is 0.